The zero-order chi connectivity index (χ0) is 50.3. The van der Waals surface area contributed by atoms with Gasteiger partial charge in [0.2, 0.25) is 22.0 Å². The number of likely N-dealkylation sites (N-methyl/N-ethyl adjacent to an activating group) is 1. The van der Waals surface area contributed by atoms with E-state index in [4.69, 9.17) is 51.9 Å². The van der Waals surface area contributed by atoms with Gasteiger partial charge in [0, 0.05) is 73.6 Å². The van der Waals surface area contributed by atoms with Crippen molar-refractivity contribution in [2.75, 3.05) is 72.7 Å². The van der Waals surface area contributed by atoms with Gasteiger partial charge < -0.3 is 33.7 Å². The first kappa shape index (κ1) is 49.5. The lowest BCUT2D eigenvalue weighted by molar-refractivity contribution is -0.145. The largest absolute Gasteiger partial charge is 0.490 e. The summed E-state index contributed by atoms with van der Waals surface area (Å²) in [4.78, 5) is 37.8. The number of hydrogen-bond donors (Lipinski definition) is 1. The molecule has 4 bridgehead atoms. The number of carboxylic acid groups (broad SMARTS) is 1. The second-order valence-electron chi connectivity index (χ2n) is 17.6. The standard InChI is InChI=1S/C51H48Cl2FN7O9S2/c1-29-40-30(2)44(53)46(43(29)52)69-36(25-60-18-16-59(3)17-19-60)27-67-35-10-13-39(68-26-34-14-15-55-48(58-34)32-6-11-37(12-7-32)72(64,65)61-20-22-66-23-21-61)38(24-35)45(51(62)63)70-49-42-41(40)47(71-50(42)57-28-56-49)31-4-8-33(54)9-5-31/h4-15,24,28,36,45H,16-23,25-27H2,1-3H3,(H,62,63)/t36-,45-/m1/s1. The Kier molecular flexibility index (Phi) is 14.3. The number of sulfonamides is 1. The highest BCUT2D eigenvalue weighted by Gasteiger charge is 2.34. The molecule has 7 aromatic rings. The molecular weight excluding hydrogens is 1010 g/mol. The van der Waals surface area contributed by atoms with Crippen molar-refractivity contribution in [3.63, 3.8) is 0 Å². The molecule has 21 heteroatoms. The minimum Gasteiger partial charge on any atom is -0.490 e. The first-order valence-corrected chi connectivity index (χ1v) is 26.1. The number of aromatic nitrogens is 4. The molecule has 3 aromatic heterocycles. The van der Waals surface area contributed by atoms with Crippen LogP contribution in [-0.2, 0) is 26.2 Å². The summed E-state index contributed by atoms with van der Waals surface area (Å²) in [5.41, 5.74) is 4.22. The predicted molar refractivity (Wildman–Crippen MR) is 270 cm³/mol. The van der Waals surface area contributed by atoms with E-state index in [0.717, 1.165) is 26.2 Å². The molecular formula is C51H48Cl2FN7O9S2. The van der Waals surface area contributed by atoms with Crippen LogP contribution in [0.5, 0.6) is 23.1 Å². The van der Waals surface area contributed by atoms with Crippen LogP contribution in [-0.4, -0.2) is 132 Å². The van der Waals surface area contributed by atoms with E-state index in [1.807, 2.05) is 13.8 Å². The van der Waals surface area contributed by atoms with E-state index in [1.165, 1.54) is 46.2 Å². The fourth-order valence-electron chi connectivity index (χ4n) is 9.04. The second kappa shape index (κ2) is 20.8. The average Bonchev–Trinajstić information content (AvgIpc) is 3.78. The van der Waals surface area contributed by atoms with Gasteiger partial charge in [-0.2, -0.15) is 4.31 Å². The van der Waals surface area contributed by atoms with Crippen molar-refractivity contribution in [3.8, 4) is 56.1 Å². The van der Waals surface area contributed by atoms with Crippen LogP contribution in [0.2, 0.25) is 10.0 Å². The summed E-state index contributed by atoms with van der Waals surface area (Å²) in [7, 11) is -1.63. The first-order valence-electron chi connectivity index (χ1n) is 23.1. The summed E-state index contributed by atoms with van der Waals surface area (Å²) in [6, 6.07) is 18.9. The molecule has 0 radical (unpaired) electrons. The number of rotatable bonds is 10. The van der Waals surface area contributed by atoms with Crippen molar-refractivity contribution in [3.05, 3.63) is 124 Å². The molecule has 4 aliphatic heterocycles. The molecule has 0 saturated carbocycles. The van der Waals surface area contributed by atoms with Crippen molar-refractivity contribution in [1.82, 2.24) is 34.0 Å². The molecule has 1 N–H and O–H groups in total. The highest BCUT2D eigenvalue weighted by Crippen LogP contribution is 2.53. The number of morpholine rings is 1. The number of thiophene rings is 1. The lowest BCUT2D eigenvalue weighted by Crippen LogP contribution is -2.49. The number of nitrogens with zero attached hydrogens (tertiary/aromatic N) is 7. The SMILES string of the molecule is Cc1c(Cl)c2c(Cl)c(C)c1-c1c(-c3ccc(F)cc3)sc3ncnc(c13)O[C@@H](C(=O)O)c1cc(ccc1OCc1ccnc(-c3ccc(S(=O)(=O)N4CCOCC4)cc3)n1)OC[C@@H](CN1CCN(C)CC1)O2. The average molecular weight is 1060 g/mol. The normalized spacial score (nSPS) is 18.1. The number of carboxylic acids is 1. The minimum absolute atomic E-state index is 0.0246. The minimum atomic E-state index is -3.71. The third-order valence-corrected chi connectivity index (χ3v) is 16.9. The molecule has 16 nitrogen and oxygen atoms in total. The number of halogens is 3. The fourth-order valence-corrected chi connectivity index (χ4v) is 12.1. The zero-order valence-electron chi connectivity index (χ0n) is 39.3. The maximum atomic E-state index is 14.4. The third-order valence-electron chi connectivity index (χ3n) is 12.9. The van der Waals surface area contributed by atoms with Crippen LogP contribution in [0.25, 0.3) is 43.2 Å². The molecule has 11 rings (SSSR count). The number of aliphatic carboxylic acids is 1. The van der Waals surface area contributed by atoms with Gasteiger partial charge in [-0.1, -0.05) is 35.3 Å². The topological polar surface area (TPSA) is 179 Å². The molecule has 7 heterocycles. The Bertz CT molecular complexity index is 3250. The van der Waals surface area contributed by atoms with Crippen LogP contribution in [0.4, 0.5) is 4.39 Å². The van der Waals surface area contributed by atoms with Gasteiger partial charge in [-0.25, -0.2) is 37.5 Å². The van der Waals surface area contributed by atoms with Gasteiger partial charge in [-0.05, 0) is 104 Å². The third kappa shape index (κ3) is 10.0. The smallest absolute Gasteiger partial charge is 0.349 e. The van der Waals surface area contributed by atoms with Crippen molar-refractivity contribution in [2.24, 2.45) is 0 Å². The van der Waals surface area contributed by atoms with E-state index in [9.17, 15) is 22.7 Å². The van der Waals surface area contributed by atoms with Crippen LogP contribution in [0.1, 0.15) is 28.5 Å². The zero-order valence-corrected chi connectivity index (χ0v) is 42.5. The van der Waals surface area contributed by atoms with Crippen molar-refractivity contribution in [1.29, 1.82) is 0 Å². The van der Waals surface area contributed by atoms with Gasteiger partial charge in [0.05, 0.1) is 39.2 Å². The van der Waals surface area contributed by atoms with Crippen LogP contribution in [0.15, 0.2) is 90.2 Å². The number of ether oxygens (including phenoxy) is 5. The Morgan fingerprint density at radius 2 is 1.58 bits per heavy atom. The Morgan fingerprint density at radius 3 is 2.29 bits per heavy atom. The molecule has 4 aromatic carbocycles. The molecule has 4 aliphatic rings. The number of benzene rings is 4. The first-order chi connectivity index (χ1) is 34.7. The number of piperazine rings is 1. The summed E-state index contributed by atoms with van der Waals surface area (Å²) < 4.78 is 74.0. The molecule has 0 amide bonds. The Morgan fingerprint density at radius 1 is 0.875 bits per heavy atom. The Hall–Kier alpha value is -6.03. The molecule has 2 fully saturated rings. The van der Waals surface area contributed by atoms with E-state index in [-0.39, 0.29) is 58.4 Å². The lowest BCUT2D eigenvalue weighted by Gasteiger charge is -2.35. The van der Waals surface area contributed by atoms with Crippen molar-refractivity contribution < 1.29 is 46.4 Å². The molecule has 72 heavy (non-hydrogen) atoms. The molecule has 2 saturated heterocycles. The van der Waals surface area contributed by atoms with Gasteiger partial charge in [0.15, 0.2) is 11.6 Å². The van der Waals surface area contributed by atoms with Crippen molar-refractivity contribution >= 4 is 60.7 Å². The van der Waals surface area contributed by atoms with Crippen LogP contribution >= 0.6 is 34.5 Å². The lowest BCUT2D eigenvalue weighted by atomic mass is 9.92. The number of fused-ring (bicyclic) bond motifs is 6. The molecule has 374 valence electrons. The number of carbonyl (C=O) groups is 1. The maximum absolute atomic E-state index is 14.4. The summed E-state index contributed by atoms with van der Waals surface area (Å²) in [6.45, 7) is 8.63. The van der Waals surface area contributed by atoms with Crippen LogP contribution in [0.3, 0.4) is 0 Å². The van der Waals surface area contributed by atoms with Gasteiger partial charge in [-0.3, -0.25) is 4.90 Å². The molecule has 0 aliphatic carbocycles. The molecule has 0 spiro atoms. The van der Waals surface area contributed by atoms with Gasteiger partial charge in [0.1, 0.15) is 47.8 Å². The molecule has 0 unspecified atom stereocenters. The number of hydrogen-bond acceptors (Lipinski definition) is 15. The Balaban J connectivity index is 1.05. The highest BCUT2D eigenvalue weighted by atomic mass is 35.5. The van der Waals surface area contributed by atoms with Gasteiger partial charge >= 0.3 is 5.97 Å². The summed E-state index contributed by atoms with van der Waals surface area (Å²) in [5, 5.41) is 12.1. The van der Waals surface area contributed by atoms with Gasteiger partial charge in [0.25, 0.3) is 0 Å². The van der Waals surface area contributed by atoms with Crippen LogP contribution in [0, 0.1) is 19.7 Å². The molecule has 2 atom stereocenters. The van der Waals surface area contributed by atoms with Crippen molar-refractivity contribution in [2.45, 2.75) is 37.6 Å². The van der Waals surface area contributed by atoms with E-state index in [1.54, 1.807) is 54.7 Å². The fraction of sp³-hybridized carbons (Fsp3) is 0.314. The van der Waals surface area contributed by atoms with E-state index >= 15 is 0 Å². The van der Waals surface area contributed by atoms with Gasteiger partial charge in [-0.15, -0.1) is 11.3 Å². The predicted octanol–water partition coefficient (Wildman–Crippen LogP) is 8.74. The Labute approximate surface area is 428 Å². The summed E-state index contributed by atoms with van der Waals surface area (Å²) in [6.07, 6.45) is 0.535. The van der Waals surface area contributed by atoms with E-state index < -0.39 is 34.0 Å². The maximum Gasteiger partial charge on any atom is 0.349 e. The highest BCUT2D eigenvalue weighted by molar-refractivity contribution is 7.89. The van der Waals surface area contributed by atoms with E-state index in [2.05, 4.69) is 31.8 Å². The summed E-state index contributed by atoms with van der Waals surface area (Å²) in [5.74, 6) is -0.762. The van der Waals surface area contributed by atoms with E-state index in [0.29, 0.717) is 91.3 Å². The van der Waals surface area contributed by atoms with Crippen LogP contribution < -0.4 is 18.9 Å². The summed E-state index contributed by atoms with van der Waals surface area (Å²) >= 11 is 15.9. The monoisotopic (exact) mass is 1060 g/mol. The quantitative estimate of drug-likeness (QED) is 0.137. The second-order valence-corrected chi connectivity index (χ2v) is 21.3.